The van der Waals surface area contributed by atoms with E-state index in [0.717, 1.165) is 43.6 Å². The van der Waals surface area contributed by atoms with E-state index in [1.165, 1.54) is 6.07 Å². The molecule has 0 aromatic heterocycles. The van der Waals surface area contributed by atoms with E-state index in [2.05, 4.69) is 26.9 Å². The fourth-order valence-electron chi connectivity index (χ4n) is 5.75. The molecular formula is C27H32F3N3O3. The van der Waals surface area contributed by atoms with Crippen LogP contribution >= 0.6 is 0 Å². The van der Waals surface area contributed by atoms with Crippen molar-refractivity contribution in [1.29, 1.82) is 0 Å². The lowest BCUT2D eigenvalue weighted by atomic mass is 9.86. The van der Waals surface area contributed by atoms with E-state index in [4.69, 9.17) is 4.74 Å². The summed E-state index contributed by atoms with van der Waals surface area (Å²) in [7, 11) is 2.10. The monoisotopic (exact) mass is 503 g/mol. The second-order valence-electron chi connectivity index (χ2n) is 10.7. The second-order valence-corrected chi connectivity index (χ2v) is 10.7. The Morgan fingerprint density at radius 1 is 1.17 bits per heavy atom. The molecule has 9 heteroatoms. The number of fused-ring (bicyclic) bond motifs is 1. The predicted molar refractivity (Wildman–Crippen MR) is 130 cm³/mol. The van der Waals surface area contributed by atoms with Gasteiger partial charge in [-0.3, -0.25) is 9.69 Å². The summed E-state index contributed by atoms with van der Waals surface area (Å²) >= 11 is 0. The van der Waals surface area contributed by atoms with Gasteiger partial charge in [-0.15, -0.1) is 13.2 Å². The molecule has 2 aromatic rings. The Kier molecular flexibility index (Phi) is 5.99. The molecule has 1 amide bonds. The van der Waals surface area contributed by atoms with Gasteiger partial charge >= 0.3 is 6.36 Å². The van der Waals surface area contributed by atoms with E-state index in [0.29, 0.717) is 17.9 Å². The highest BCUT2D eigenvalue weighted by Gasteiger charge is 2.48. The Morgan fingerprint density at radius 2 is 1.92 bits per heavy atom. The minimum atomic E-state index is -4.84. The minimum absolute atomic E-state index is 0.112. The van der Waals surface area contributed by atoms with Crippen LogP contribution in [-0.2, 0) is 16.9 Å². The zero-order valence-corrected chi connectivity index (χ0v) is 21.0. The standard InChI is InChI=1S/C27H32F3N3O3/c1-17(31-24(34)18-6-9-22-19(12-18)14-35-25(22,2)3)21-8-7-20(13-23(21)36-27(28,29)30)33-15-26(16-33)10-5-11-32(26)4/h6-9,12-13,17H,5,10-11,14-16H2,1-4H3,(H,31,34)/t17-/m0/s1. The Bertz CT molecular complexity index is 1170. The maximum atomic E-state index is 13.3. The molecule has 3 aliphatic rings. The van der Waals surface area contributed by atoms with Crippen molar-refractivity contribution in [1.82, 2.24) is 10.2 Å². The quantitative estimate of drug-likeness (QED) is 0.614. The largest absolute Gasteiger partial charge is 0.573 e. The molecule has 1 atom stereocenters. The number of alkyl halides is 3. The van der Waals surface area contributed by atoms with E-state index in [1.54, 1.807) is 31.2 Å². The number of carbonyl (C=O) groups is 1. The number of carbonyl (C=O) groups excluding carboxylic acids is 1. The Hall–Kier alpha value is -2.78. The molecule has 0 saturated carbocycles. The molecule has 1 spiro atoms. The van der Waals surface area contributed by atoms with Crippen molar-refractivity contribution in [2.75, 3.05) is 31.6 Å². The van der Waals surface area contributed by atoms with Crippen molar-refractivity contribution in [2.24, 2.45) is 0 Å². The molecule has 2 saturated heterocycles. The first-order chi connectivity index (χ1) is 16.9. The van der Waals surface area contributed by atoms with Gasteiger partial charge in [0.25, 0.3) is 5.91 Å². The van der Waals surface area contributed by atoms with Crippen LogP contribution in [0.5, 0.6) is 5.75 Å². The molecule has 3 heterocycles. The number of benzene rings is 2. The van der Waals surface area contributed by atoms with Crippen molar-refractivity contribution in [2.45, 2.75) is 63.8 Å². The summed E-state index contributed by atoms with van der Waals surface area (Å²) in [6, 6.07) is 9.52. The minimum Gasteiger partial charge on any atom is -0.405 e. The molecule has 0 bridgehead atoms. The van der Waals surface area contributed by atoms with E-state index in [1.807, 2.05) is 19.9 Å². The van der Waals surface area contributed by atoms with Crippen molar-refractivity contribution in [3.63, 3.8) is 0 Å². The van der Waals surface area contributed by atoms with Crippen LogP contribution in [0.25, 0.3) is 0 Å². The molecule has 36 heavy (non-hydrogen) atoms. The zero-order chi connectivity index (χ0) is 25.9. The number of nitrogens with one attached hydrogen (secondary N) is 1. The number of anilines is 1. The van der Waals surface area contributed by atoms with Gasteiger partial charge in [-0.25, -0.2) is 0 Å². The first-order valence-corrected chi connectivity index (χ1v) is 12.3. The van der Waals surface area contributed by atoms with E-state index < -0.39 is 18.0 Å². The number of rotatable bonds is 5. The predicted octanol–water partition coefficient (Wildman–Crippen LogP) is 5.13. The van der Waals surface area contributed by atoms with Gasteiger partial charge in [0.05, 0.1) is 23.8 Å². The lowest BCUT2D eigenvalue weighted by Gasteiger charge is -2.53. The highest BCUT2D eigenvalue weighted by atomic mass is 19.4. The number of amides is 1. The molecule has 6 nitrogen and oxygen atoms in total. The van der Waals surface area contributed by atoms with Gasteiger partial charge in [0.1, 0.15) is 5.75 Å². The third-order valence-electron chi connectivity index (χ3n) is 7.92. The second kappa shape index (κ2) is 8.66. The third-order valence-corrected chi connectivity index (χ3v) is 7.92. The molecule has 0 radical (unpaired) electrons. The summed E-state index contributed by atoms with van der Waals surface area (Å²) in [6.07, 6.45) is -2.61. The molecule has 5 rings (SSSR count). The number of ether oxygens (including phenoxy) is 2. The maximum absolute atomic E-state index is 13.3. The van der Waals surface area contributed by atoms with Gasteiger partial charge in [0.2, 0.25) is 0 Å². The smallest absolute Gasteiger partial charge is 0.405 e. The lowest BCUT2D eigenvalue weighted by molar-refractivity contribution is -0.274. The summed E-state index contributed by atoms with van der Waals surface area (Å²) in [5.41, 5.74) is 3.05. The highest BCUT2D eigenvalue weighted by molar-refractivity contribution is 5.94. The fraction of sp³-hybridized carbons (Fsp3) is 0.519. The van der Waals surface area contributed by atoms with Gasteiger partial charge in [-0.05, 0) is 76.5 Å². The van der Waals surface area contributed by atoms with Gasteiger partial charge in [0, 0.05) is 36.0 Å². The van der Waals surface area contributed by atoms with Crippen LogP contribution in [0, 0.1) is 0 Å². The molecule has 194 valence electrons. The Balaban J connectivity index is 1.34. The molecule has 2 aromatic carbocycles. The van der Waals surface area contributed by atoms with Gasteiger partial charge in [-0.1, -0.05) is 12.1 Å². The average molecular weight is 504 g/mol. The van der Waals surface area contributed by atoms with E-state index in [-0.39, 0.29) is 22.8 Å². The fourth-order valence-corrected chi connectivity index (χ4v) is 5.75. The molecule has 0 unspecified atom stereocenters. The summed E-state index contributed by atoms with van der Waals surface area (Å²) in [4.78, 5) is 17.4. The van der Waals surface area contributed by atoms with Crippen molar-refractivity contribution in [3.8, 4) is 5.75 Å². The van der Waals surface area contributed by atoms with Gasteiger partial charge in [-0.2, -0.15) is 0 Å². The van der Waals surface area contributed by atoms with E-state index in [9.17, 15) is 18.0 Å². The summed E-state index contributed by atoms with van der Waals surface area (Å²) in [5, 5.41) is 2.83. The summed E-state index contributed by atoms with van der Waals surface area (Å²) in [6.45, 7) is 8.61. The van der Waals surface area contributed by atoms with Crippen LogP contribution in [0.2, 0.25) is 0 Å². The number of likely N-dealkylation sites (N-methyl/N-ethyl adjacent to an activating group) is 1. The van der Waals surface area contributed by atoms with Crippen LogP contribution in [0.1, 0.15) is 66.7 Å². The molecule has 2 fully saturated rings. The van der Waals surface area contributed by atoms with Gasteiger partial charge in [0.15, 0.2) is 0 Å². The maximum Gasteiger partial charge on any atom is 0.573 e. The Morgan fingerprint density at radius 3 is 2.58 bits per heavy atom. The van der Waals surface area contributed by atoms with Crippen LogP contribution < -0.4 is 15.0 Å². The molecular weight excluding hydrogens is 471 g/mol. The summed E-state index contributed by atoms with van der Waals surface area (Å²) in [5.74, 6) is -0.663. The number of hydrogen-bond acceptors (Lipinski definition) is 5. The average Bonchev–Trinajstić information content (AvgIpc) is 3.30. The first-order valence-electron chi connectivity index (χ1n) is 12.3. The third kappa shape index (κ3) is 4.54. The van der Waals surface area contributed by atoms with Crippen molar-refractivity contribution < 1.29 is 27.4 Å². The van der Waals surface area contributed by atoms with Crippen LogP contribution in [0.4, 0.5) is 18.9 Å². The normalized spacial score (nSPS) is 21.2. The number of likely N-dealkylation sites (tertiary alicyclic amines) is 1. The Labute approximate surface area is 209 Å². The zero-order valence-electron chi connectivity index (χ0n) is 21.0. The summed E-state index contributed by atoms with van der Waals surface area (Å²) < 4.78 is 50.0. The van der Waals surface area contributed by atoms with E-state index >= 15 is 0 Å². The van der Waals surface area contributed by atoms with Crippen LogP contribution in [0.3, 0.4) is 0 Å². The van der Waals surface area contributed by atoms with Crippen molar-refractivity contribution >= 4 is 11.6 Å². The number of halogens is 3. The van der Waals surface area contributed by atoms with Crippen LogP contribution in [0.15, 0.2) is 36.4 Å². The number of hydrogen-bond donors (Lipinski definition) is 1. The van der Waals surface area contributed by atoms with Crippen molar-refractivity contribution in [3.05, 3.63) is 58.7 Å². The molecule has 3 aliphatic heterocycles. The molecule has 0 aliphatic carbocycles. The number of nitrogens with zero attached hydrogens (tertiary/aromatic N) is 2. The SMILES string of the molecule is C[C@H](NC(=O)c1ccc2c(c1)COC2(C)C)c1ccc(N2CC3(CCCN3C)C2)cc1OC(F)(F)F. The highest BCUT2D eigenvalue weighted by Crippen LogP contribution is 2.42. The van der Waals surface area contributed by atoms with Crippen LogP contribution in [-0.4, -0.2) is 49.4 Å². The topological polar surface area (TPSA) is 54.0 Å². The molecule has 1 N–H and O–H groups in total. The van der Waals surface area contributed by atoms with Gasteiger partial charge < -0.3 is 19.7 Å². The first kappa shape index (κ1) is 24.9. The lowest BCUT2D eigenvalue weighted by Crippen LogP contribution is -2.67.